The van der Waals surface area contributed by atoms with Gasteiger partial charge in [-0.3, -0.25) is 9.89 Å². The highest BCUT2D eigenvalue weighted by Crippen LogP contribution is 2.29. The van der Waals surface area contributed by atoms with E-state index in [1.54, 1.807) is 6.07 Å². The normalized spacial score (nSPS) is 18.1. The number of nitrogens with one attached hydrogen (secondary N) is 2. The van der Waals surface area contributed by atoms with Crippen LogP contribution in [-0.2, 0) is 6.18 Å². The third-order valence-electron chi connectivity index (χ3n) is 4.48. The number of benzene rings is 1. The van der Waals surface area contributed by atoms with E-state index in [4.69, 9.17) is 0 Å². The Balaban J connectivity index is 1.91. The van der Waals surface area contributed by atoms with Gasteiger partial charge in [0.2, 0.25) is 0 Å². The van der Waals surface area contributed by atoms with Gasteiger partial charge in [0.1, 0.15) is 0 Å². The van der Waals surface area contributed by atoms with E-state index in [-0.39, 0.29) is 0 Å². The minimum Gasteiger partial charge on any atom is -0.357 e. The topological polar surface area (TPSA) is 39.7 Å². The van der Waals surface area contributed by atoms with Crippen molar-refractivity contribution in [2.45, 2.75) is 38.9 Å². The highest BCUT2D eigenvalue weighted by molar-refractivity contribution is 5.80. The molecule has 1 aromatic rings. The van der Waals surface area contributed by atoms with Gasteiger partial charge in [-0.1, -0.05) is 24.8 Å². The van der Waals surface area contributed by atoms with Gasteiger partial charge in [-0.05, 0) is 51.1 Å². The molecule has 1 saturated heterocycles. The van der Waals surface area contributed by atoms with E-state index in [1.165, 1.54) is 12.5 Å². The molecule has 1 aliphatic rings. The Kier molecular flexibility index (Phi) is 7.99. The first kappa shape index (κ1) is 21.1. The number of hydrogen-bond acceptors (Lipinski definition) is 2. The smallest absolute Gasteiger partial charge is 0.357 e. The van der Waals surface area contributed by atoms with Crippen molar-refractivity contribution in [3.05, 3.63) is 35.4 Å². The van der Waals surface area contributed by atoms with Gasteiger partial charge in [0.25, 0.3) is 0 Å². The lowest BCUT2D eigenvalue weighted by atomic mass is 10.1. The molecule has 4 nitrogen and oxygen atoms in total. The molecule has 1 aliphatic heterocycles. The molecule has 0 saturated carbocycles. The molecule has 7 heteroatoms. The van der Waals surface area contributed by atoms with Crippen LogP contribution in [0, 0.1) is 11.8 Å². The van der Waals surface area contributed by atoms with Crippen molar-refractivity contribution in [2.75, 3.05) is 32.7 Å². The van der Waals surface area contributed by atoms with Gasteiger partial charge in [-0.2, -0.15) is 13.2 Å². The van der Waals surface area contributed by atoms with Gasteiger partial charge in [-0.25, -0.2) is 0 Å². The number of likely N-dealkylation sites (N-methyl/N-ethyl adjacent to an activating group) is 1. The monoisotopic (exact) mass is 380 g/mol. The molecule has 0 bridgehead atoms. The number of aliphatic imine (C=N–C) groups is 1. The number of nitrogens with zero attached hydrogens (tertiary/aromatic N) is 2. The Labute approximate surface area is 159 Å². The molecule has 2 rings (SSSR count). The summed E-state index contributed by atoms with van der Waals surface area (Å²) in [4.78, 5) is 7.05. The zero-order valence-electron chi connectivity index (χ0n) is 15.9. The summed E-state index contributed by atoms with van der Waals surface area (Å²) in [6.45, 7) is 8.08. The zero-order valence-corrected chi connectivity index (χ0v) is 15.9. The summed E-state index contributed by atoms with van der Waals surface area (Å²) < 4.78 is 38.2. The molecule has 0 radical (unpaired) electrons. The number of alkyl halides is 3. The Morgan fingerprint density at radius 2 is 2.11 bits per heavy atom. The molecular formula is C20H27F3N4. The summed E-state index contributed by atoms with van der Waals surface area (Å²) in [5, 5.41) is 6.29. The molecule has 148 valence electrons. The lowest BCUT2D eigenvalue weighted by molar-refractivity contribution is -0.137. The van der Waals surface area contributed by atoms with Gasteiger partial charge < -0.3 is 10.6 Å². The standard InChI is InChI=1S/C20H27F3N4/c1-3-24-19(26-15-18-11-7-13-27(18)4-2)25-12-6-9-16-8-5-10-17(14-16)20(21,22)23/h5,8,10,14,18H,3-4,7,11-13,15H2,1-2H3,(H2,24,25,26). The van der Waals surface area contributed by atoms with E-state index in [2.05, 4.69) is 39.3 Å². The highest BCUT2D eigenvalue weighted by Gasteiger charge is 2.30. The molecule has 27 heavy (non-hydrogen) atoms. The quantitative estimate of drug-likeness (QED) is 0.469. The minimum absolute atomic E-state index is 0.310. The van der Waals surface area contributed by atoms with Crippen molar-refractivity contribution in [1.82, 2.24) is 15.5 Å². The number of likely N-dealkylation sites (tertiary alicyclic amines) is 1. The Bertz CT molecular complexity index is 688. The summed E-state index contributed by atoms with van der Waals surface area (Å²) in [7, 11) is 0. The molecule has 1 unspecified atom stereocenters. The summed E-state index contributed by atoms with van der Waals surface area (Å²) in [6, 6.07) is 5.52. The maximum atomic E-state index is 12.7. The third-order valence-corrected chi connectivity index (χ3v) is 4.48. The Hall–Kier alpha value is -2.20. The highest BCUT2D eigenvalue weighted by atomic mass is 19.4. The van der Waals surface area contributed by atoms with Gasteiger partial charge in [-0.15, -0.1) is 0 Å². The van der Waals surface area contributed by atoms with Crippen LogP contribution in [0.2, 0.25) is 0 Å². The fourth-order valence-electron chi connectivity index (χ4n) is 3.10. The van der Waals surface area contributed by atoms with Crippen LogP contribution in [0.25, 0.3) is 0 Å². The molecule has 0 aliphatic carbocycles. The molecular weight excluding hydrogens is 353 g/mol. The summed E-state index contributed by atoms with van der Waals surface area (Å²) in [5.41, 5.74) is -0.340. The Morgan fingerprint density at radius 1 is 1.30 bits per heavy atom. The van der Waals surface area contributed by atoms with Crippen LogP contribution in [0.1, 0.15) is 37.8 Å². The third kappa shape index (κ3) is 6.79. The average molecular weight is 380 g/mol. The largest absolute Gasteiger partial charge is 0.416 e. The van der Waals surface area contributed by atoms with Gasteiger partial charge in [0.05, 0.1) is 18.7 Å². The SMILES string of the molecule is CCNC(=NCC1CCCN1CC)NCC#Cc1cccc(C(F)(F)F)c1. The fourth-order valence-corrected chi connectivity index (χ4v) is 3.10. The van der Waals surface area contributed by atoms with Gasteiger partial charge in [0.15, 0.2) is 5.96 Å². The van der Waals surface area contributed by atoms with Crippen molar-refractivity contribution < 1.29 is 13.2 Å². The molecule has 0 aromatic heterocycles. The van der Waals surface area contributed by atoms with E-state index in [1.807, 2.05) is 6.92 Å². The molecule has 1 fully saturated rings. The van der Waals surface area contributed by atoms with Crippen molar-refractivity contribution in [2.24, 2.45) is 4.99 Å². The first-order valence-corrected chi connectivity index (χ1v) is 9.36. The van der Waals surface area contributed by atoms with Crippen molar-refractivity contribution in [3.8, 4) is 11.8 Å². The first-order chi connectivity index (χ1) is 12.9. The minimum atomic E-state index is -4.35. The molecule has 2 N–H and O–H groups in total. The van der Waals surface area contributed by atoms with Crippen molar-refractivity contribution in [1.29, 1.82) is 0 Å². The lowest BCUT2D eigenvalue weighted by Crippen LogP contribution is -2.39. The van der Waals surface area contributed by atoms with Gasteiger partial charge >= 0.3 is 6.18 Å². The van der Waals surface area contributed by atoms with E-state index in [9.17, 15) is 13.2 Å². The van der Waals surface area contributed by atoms with Crippen LogP contribution in [0.5, 0.6) is 0 Å². The fraction of sp³-hybridized carbons (Fsp3) is 0.550. The van der Waals surface area contributed by atoms with Crippen molar-refractivity contribution >= 4 is 5.96 Å². The van der Waals surface area contributed by atoms with Crippen molar-refractivity contribution in [3.63, 3.8) is 0 Å². The van der Waals surface area contributed by atoms with E-state index >= 15 is 0 Å². The van der Waals surface area contributed by atoms with Crippen LogP contribution in [-0.4, -0.2) is 49.6 Å². The summed E-state index contributed by atoms with van der Waals surface area (Å²) >= 11 is 0. The van der Waals surface area contributed by atoms with E-state index in [0.29, 0.717) is 24.1 Å². The number of hydrogen-bond donors (Lipinski definition) is 2. The first-order valence-electron chi connectivity index (χ1n) is 9.36. The molecule has 1 aromatic carbocycles. The number of guanidine groups is 1. The maximum Gasteiger partial charge on any atom is 0.416 e. The predicted octanol–water partition coefficient (Wildman–Crippen LogP) is 3.10. The van der Waals surface area contributed by atoms with Crippen LogP contribution in [0.4, 0.5) is 13.2 Å². The number of halogens is 3. The average Bonchev–Trinajstić information content (AvgIpc) is 3.10. The number of rotatable bonds is 5. The summed E-state index contributed by atoms with van der Waals surface area (Å²) in [5.74, 6) is 6.30. The van der Waals surface area contributed by atoms with Crippen LogP contribution >= 0.6 is 0 Å². The second-order valence-corrected chi connectivity index (χ2v) is 6.38. The van der Waals surface area contributed by atoms with Crippen LogP contribution in [0.15, 0.2) is 29.3 Å². The second-order valence-electron chi connectivity index (χ2n) is 6.38. The lowest BCUT2D eigenvalue weighted by Gasteiger charge is -2.21. The molecule has 0 amide bonds. The van der Waals surface area contributed by atoms with Crippen LogP contribution < -0.4 is 10.6 Å². The molecule has 1 heterocycles. The zero-order chi connectivity index (χ0) is 19.7. The van der Waals surface area contributed by atoms with E-state index < -0.39 is 11.7 Å². The molecule has 1 atom stereocenters. The molecule has 0 spiro atoms. The second kappa shape index (κ2) is 10.2. The van der Waals surface area contributed by atoms with E-state index in [0.717, 1.165) is 44.7 Å². The maximum absolute atomic E-state index is 12.7. The predicted molar refractivity (Wildman–Crippen MR) is 103 cm³/mol. The van der Waals surface area contributed by atoms with Gasteiger partial charge in [0, 0.05) is 18.2 Å². The summed E-state index contributed by atoms with van der Waals surface area (Å²) in [6.07, 6.45) is -1.99. The Morgan fingerprint density at radius 3 is 2.81 bits per heavy atom. The van der Waals surface area contributed by atoms with Crippen LogP contribution in [0.3, 0.4) is 0 Å².